The molecule has 0 N–H and O–H groups in total. The summed E-state index contributed by atoms with van der Waals surface area (Å²) >= 11 is 0. The molecule has 2 fully saturated rings. The fraction of sp³-hybridized carbons (Fsp3) is 1.00. The lowest BCUT2D eigenvalue weighted by atomic mass is 9.74. The van der Waals surface area contributed by atoms with E-state index in [-0.39, 0.29) is 11.2 Å². The van der Waals surface area contributed by atoms with Gasteiger partial charge in [0.05, 0.1) is 11.2 Å². The number of hydrogen-bond donors (Lipinski definition) is 0. The molecule has 0 bridgehead atoms. The molecule has 0 spiro atoms. The van der Waals surface area contributed by atoms with E-state index in [1.54, 1.807) is 0 Å². The molecule has 0 heterocycles. The Kier molecular flexibility index (Phi) is 1.52. The zero-order chi connectivity index (χ0) is 7.95. The molecule has 2 saturated carbocycles. The van der Waals surface area contributed by atoms with Crippen LogP contribution in [0.5, 0.6) is 0 Å². The van der Waals surface area contributed by atoms with E-state index in [0.717, 1.165) is 0 Å². The number of methoxy groups -OCH3 is 2. The first-order valence-corrected chi connectivity index (χ1v) is 4.39. The lowest BCUT2D eigenvalue weighted by Gasteiger charge is -2.46. The largest absolute Gasteiger partial charge is 0.375 e. The quantitative estimate of drug-likeness (QED) is 0.619. The van der Waals surface area contributed by atoms with Gasteiger partial charge in [-0.25, -0.2) is 0 Å². The molecule has 11 heavy (non-hydrogen) atoms. The molecule has 2 rings (SSSR count). The van der Waals surface area contributed by atoms with Crippen molar-refractivity contribution in [3.05, 3.63) is 0 Å². The van der Waals surface area contributed by atoms with E-state index in [1.165, 1.54) is 32.1 Å². The third kappa shape index (κ3) is 0.798. The molecule has 2 aliphatic carbocycles. The molecule has 2 nitrogen and oxygen atoms in total. The predicted octanol–water partition coefficient (Wildman–Crippen LogP) is 1.73. The number of rotatable bonds is 3. The van der Waals surface area contributed by atoms with E-state index in [9.17, 15) is 0 Å². The molecule has 2 aliphatic rings. The summed E-state index contributed by atoms with van der Waals surface area (Å²) in [4.78, 5) is 0. The van der Waals surface area contributed by atoms with E-state index < -0.39 is 0 Å². The van der Waals surface area contributed by atoms with Crippen molar-refractivity contribution < 1.29 is 9.47 Å². The van der Waals surface area contributed by atoms with Crippen LogP contribution in [0.2, 0.25) is 0 Å². The molecule has 0 radical (unpaired) electrons. The van der Waals surface area contributed by atoms with Gasteiger partial charge in [-0.3, -0.25) is 0 Å². The van der Waals surface area contributed by atoms with Crippen LogP contribution >= 0.6 is 0 Å². The third-order valence-corrected chi connectivity index (χ3v) is 3.48. The average Bonchev–Trinajstić information content (AvgIpc) is 2.68. The highest BCUT2D eigenvalue weighted by molar-refractivity contribution is 5.15. The number of hydrogen-bond acceptors (Lipinski definition) is 2. The SMILES string of the molecule is COC1(C2(OC)CC2)CCC1. The molecular formula is C9H16O2. The summed E-state index contributed by atoms with van der Waals surface area (Å²) < 4.78 is 11.1. The minimum atomic E-state index is 0.0990. The van der Waals surface area contributed by atoms with Crippen LogP contribution in [-0.2, 0) is 9.47 Å². The molecule has 0 aromatic heterocycles. The Morgan fingerprint density at radius 2 is 1.27 bits per heavy atom. The Hall–Kier alpha value is -0.0800. The van der Waals surface area contributed by atoms with Gasteiger partial charge in [-0.15, -0.1) is 0 Å². The highest BCUT2D eigenvalue weighted by atomic mass is 16.6. The molecule has 0 atom stereocenters. The van der Waals surface area contributed by atoms with E-state index >= 15 is 0 Å². The van der Waals surface area contributed by atoms with Crippen molar-refractivity contribution in [3.63, 3.8) is 0 Å². The summed E-state index contributed by atoms with van der Waals surface area (Å²) in [6.45, 7) is 0. The minimum absolute atomic E-state index is 0.0990. The van der Waals surface area contributed by atoms with Gasteiger partial charge in [0, 0.05) is 14.2 Å². The van der Waals surface area contributed by atoms with Gasteiger partial charge in [0.2, 0.25) is 0 Å². The van der Waals surface area contributed by atoms with Crippen molar-refractivity contribution in [2.75, 3.05) is 14.2 Å². The molecule has 0 aromatic carbocycles. The molecule has 64 valence electrons. The Balaban J connectivity index is 2.11. The van der Waals surface area contributed by atoms with Gasteiger partial charge in [0.25, 0.3) is 0 Å². The lowest BCUT2D eigenvalue weighted by molar-refractivity contribution is -0.175. The van der Waals surface area contributed by atoms with Crippen LogP contribution in [0, 0.1) is 0 Å². The Bertz CT molecular complexity index is 151. The Morgan fingerprint density at radius 1 is 0.818 bits per heavy atom. The summed E-state index contributed by atoms with van der Waals surface area (Å²) in [6, 6.07) is 0. The zero-order valence-corrected chi connectivity index (χ0v) is 7.35. The Morgan fingerprint density at radius 3 is 1.36 bits per heavy atom. The molecule has 2 heteroatoms. The van der Waals surface area contributed by atoms with Gasteiger partial charge in [0.15, 0.2) is 0 Å². The second-order valence-electron chi connectivity index (χ2n) is 3.75. The summed E-state index contributed by atoms with van der Waals surface area (Å²) in [5.74, 6) is 0. The standard InChI is InChI=1S/C9H16O2/c1-10-8(4-3-5-8)9(11-2)6-7-9/h3-7H2,1-2H3. The predicted molar refractivity (Wildman–Crippen MR) is 42.6 cm³/mol. The fourth-order valence-electron chi connectivity index (χ4n) is 2.30. The van der Waals surface area contributed by atoms with Crippen molar-refractivity contribution >= 4 is 0 Å². The summed E-state index contributed by atoms with van der Waals surface area (Å²) in [5.41, 5.74) is 0.210. The zero-order valence-electron chi connectivity index (χ0n) is 7.35. The van der Waals surface area contributed by atoms with E-state index in [0.29, 0.717) is 0 Å². The first-order valence-electron chi connectivity index (χ1n) is 4.39. The maximum Gasteiger partial charge on any atom is 0.0969 e. The molecule has 0 unspecified atom stereocenters. The van der Waals surface area contributed by atoms with Crippen molar-refractivity contribution in [2.45, 2.75) is 43.3 Å². The molecular weight excluding hydrogens is 140 g/mol. The minimum Gasteiger partial charge on any atom is -0.375 e. The van der Waals surface area contributed by atoms with Crippen LogP contribution in [0.25, 0.3) is 0 Å². The maximum atomic E-state index is 5.57. The average molecular weight is 156 g/mol. The fourth-order valence-corrected chi connectivity index (χ4v) is 2.30. The van der Waals surface area contributed by atoms with Crippen LogP contribution in [-0.4, -0.2) is 25.4 Å². The van der Waals surface area contributed by atoms with Crippen molar-refractivity contribution in [1.29, 1.82) is 0 Å². The highest BCUT2D eigenvalue weighted by Gasteiger charge is 2.63. The molecule has 0 aliphatic heterocycles. The third-order valence-electron chi connectivity index (χ3n) is 3.48. The van der Waals surface area contributed by atoms with Crippen LogP contribution in [0.15, 0.2) is 0 Å². The van der Waals surface area contributed by atoms with Crippen molar-refractivity contribution in [1.82, 2.24) is 0 Å². The monoisotopic (exact) mass is 156 g/mol. The first-order chi connectivity index (χ1) is 5.29. The van der Waals surface area contributed by atoms with E-state index in [1.807, 2.05) is 14.2 Å². The van der Waals surface area contributed by atoms with Crippen molar-refractivity contribution in [3.8, 4) is 0 Å². The van der Waals surface area contributed by atoms with Gasteiger partial charge < -0.3 is 9.47 Å². The Labute approximate surface area is 67.9 Å². The van der Waals surface area contributed by atoms with Crippen LogP contribution < -0.4 is 0 Å². The maximum absolute atomic E-state index is 5.57. The lowest BCUT2D eigenvalue weighted by Crippen LogP contribution is -2.52. The van der Waals surface area contributed by atoms with Gasteiger partial charge in [-0.2, -0.15) is 0 Å². The van der Waals surface area contributed by atoms with Crippen molar-refractivity contribution in [2.24, 2.45) is 0 Å². The van der Waals surface area contributed by atoms with E-state index in [4.69, 9.17) is 9.47 Å². The van der Waals surface area contributed by atoms with Crippen LogP contribution in [0.1, 0.15) is 32.1 Å². The molecule has 0 aromatic rings. The van der Waals surface area contributed by atoms with Crippen LogP contribution in [0.4, 0.5) is 0 Å². The van der Waals surface area contributed by atoms with E-state index in [2.05, 4.69) is 0 Å². The highest BCUT2D eigenvalue weighted by Crippen LogP contribution is 2.57. The first kappa shape index (κ1) is 7.56. The second-order valence-corrected chi connectivity index (χ2v) is 3.75. The molecule has 0 saturated heterocycles. The van der Waals surface area contributed by atoms with Crippen LogP contribution in [0.3, 0.4) is 0 Å². The molecule has 0 amide bonds. The topological polar surface area (TPSA) is 18.5 Å². The summed E-state index contributed by atoms with van der Waals surface area (Å²) in [6.07, 6.45) is 6.07. The normalized spacial score (nSPS) is 31.1. The van der Waals surface area contributed by atoms with Gasteiger partial charge in [-0.1, -0.05) is 0 Å². The summed E-state index contributed by atoms with van der Waals surface area (Å²) in [7, 11) is 3.63. The smallest absolute Gasteiger partial charge is 0.0969 e. The summed E-state index contributed by atoms with van der Waals surface area (Å²) in [5, 5.41) is 0. The second kappa shape index (κ2) is 2.20. The number of ether oxygens (including phenoxy) is 2. The van der Waals surface area contributed by atoms with Gasteiger partial charge in [0.1, 0.15) is 0 Å². The van der Waals surface area contributed by atoms with Gasteiger partial charge >= 0.3 is 0 Å². The van der Waals surface area contributed by atoms with Gasteiger partial charge in [-0.05, 0) is 32.1 Å².